The van der Waals surface area contributed by atoms with E-state index in [1.165, 1.54) is 6.38 Å². The lowest BCUT2D eigenvalue weighted by Crippen LogP contribution is -2.29. The first-order chi connectivity index (χ1) is 5.18. The standard InChI is InChI=1S/C6H13NO2.CH3Cl/c1-2-3-4-5(7)6(8)9;1-2/h5H,2-4,7H2,1H3,(H,8,9);1H3. The van der Waals surface area contributed by atoms with Crippen LogP contribution in [0.4, 0.5) is 0 Å². The van der Waals surface area contributed by atoms with Crippen LogP contribution in [0, 0.1) is 0 Å². The molecule has 68 valence electrons. The Labute approximate surface area is 72.5 Å². The largest absolute Gasteiger partial charge is 0.480 e. The van der Waals surface area contributed by atoms with Crippen molar-refractivity contribution in [2.45, 2.75) is 32.2 Å². The summed E-state index contributed by atoms with van der Waals surface area (Å²) in [7, 11) is 0. The summed E-state index contributed by atoms with van der Waals surface area (Å²) in [6, 6.07) is -0.662. The molecule has 0 aliphatic rings. The number of carboxylic acids is 1. The van der Waals surface area contributed by atoms with Crippen molar-refractivity contribution in [3.05, 3.63) is 0 Å². The number of nitrogens with two attached hydrogens (primary N) is 1. The molecule has 0 aromatic rings. The summed E-state index contributed by atoms with van der Waals surface area (Å²) in [5.41, 5.74) is 5.20. The molecule has 1 unspecified atom stereocenters. The zero-order valence-electron chi connectivity index (χ0n) is 7.01. The third-order valence-corrected chi connectivity index (χ3v) is 1.19. The van der Waals surface area contributed by atoms with Crippen LogP contribution < -0.4 is 5.73 Å². The number of rotatable bonds is 4. The normalized spacial score (nSPS) is 11.3. The molecule has 0 amide bonds. The molecule has 0 rings (SSSR count). The molecule has 1 atom stereocenters. The molecule has 0 aromatic carbocycles. The average molecular weight is 182 g/mol. The van der Waals surface area contributed by atoms with Crippen molar-refractivity contribution in [3.63, 3.8) is 0 Å². The fourth-order valence-corrected chi connectivity index (χ4v) is 0.548. The fraction of sp³-hybridized carbons (Fsp3) is 0.857. The van der Waals surface area contributed by atoms with Gasteiger partial charge >= 0.3 is 5.97 Å². The number of hydrogen-bond acceptors (Lipinski definition) is 2. The van der Waals surface area contributed by atoms with Gasteiger partial charge in [0.05, 0.1) is 0 Å². The number of hydrogen-bond donors (Lipinski definition) is 2. The molecule has 0 bridgehead atoms. The van der Waals surface area contributed by atoms with E-state index in [1.807, 2.05) is 6.92 Å². The topological polar surface area (TPSA) is 63.3 Å². The molecule has 0 fully saturated rings. The highest BCUT2D eigenvalue weighted by Gasteiger charge is 2.08. The van der Waals surface area contributed by atoms with E-state index in [4.69, 9.17) is 10.8 Å². The first-order valence-corrected chi connectivity index (χ1v) is 4.30. The summed E-state index contributed by atoms with van der Waals surface area (Å²) in [6.07, 6.45) is 3.96. The van der Waals surface area contributed by atoms with E-state index in [0.29, 0.717) is 6.42 Å². The minimum Gasteiger partial charge on any atom is -0.480 e. The van der Waals surface area contributed by atoms with Crippen LogP contribution in [0.1, 0.15) is 26.2 Å². The van der Waals surface area contributed by atoms with Crippen LogP contribution in [0.2, 0.25) is 0 Å². The Kier molecular flexibility index (Phi) is 11.8. The van der Waals surface area contributed by atoms with Crippen molar-refractivity contribution in [2.24, 2.45) is 5.73 Å². The number of carboxylic acid groups (broad SMARTS) is 1. The molecular formula is C7H16ClNO2. The van der Waals surface area contributed by atoms with Crippen molar-refractivity contribution in [1.29, 1.82) is 0 Å². The third kappa shape index (κ3) is 9.72. The van der Waals surface area contributed by atoms with Crippen molar-refractivity contribution < 1.29 is 9.90 Å². The summed E-state index contributed by atoms with van der Waals surface area (Å²) in [6.45, 7) is 2.01. The maximum absolute atomic E-state index is 10.1. The third-order valence-electron chi connectivity index (χ3n) is 1.19. The number of alkyl halides is 1. The molecule has 0 aliphatic carbocycles. The van der Waals surface area contributed by atoms with E-state index in [2.05, 4.69) is 11.6 Å². The number of aliphatic carboxylic acids is 1. The quantitative estimate of drug-likeness (QED) is 0.646. The van der Waals surface area contributed by atoms with Gasteiger partial charge < -0.3 is 10.8 Å². The van der Waals surface area contributed by atoms with Gasteiger partial charge in [-0.15, -0.1) is 11.6 Å². The van der Waals surface area contributed by atoms with Crippen LogP contribution in [0.5, 0.6) is 0 Å². The van der Waals surface area contributed by atoms with E-state index in [-0.39, 0.29) is 0 Å². The fourth-order valence-electron chi connectivity index (χ4n) is 0.548. The van der Waals surface area contributed by atoms with Crippen LogP contribution in [-0.4, -0.2) is 23.5 Å². The Bertz CT molecular complexity index is 98.4. The number of carbonyl (C=O) groups is 1. The van der Waals surface area contributed by atoms with Crippen molar-refractivity contribution in [1.82, 2.24) is 0 Å². The summed E-state index contributed by atoms with van der Waals surface area (Å²) < 4.78 is 0. The second-order valence-corrected chi connectivity index (χ2v) is 2.09. The van der Waals surface area contributed by atoms with Gasteiger partial charge in [0.2, 0.25) is 0 Å². The molecule has 0 aliphatic heterocycles. The minimum atomic E-state index is -0.900. The predicted molar refractivity (Wildman–Crippen MR) is 46.9 cm³/mol. The van der Waals surface area contributed by atoms with Gasteiger partial charge in [-0.3, -0.25) is 4.79 Å². The molecule has 0 aromatic heterocycles. The Morgan fingerprint density at radius 3 is 2.36 bits per heavy atom. The SMILES string of the molecule is CCCCC(N)C(=O)O.CCl. The molecule has 3 nitrogen and oxygen atoms in total. The van der Waals surface area contributed by atoms with Gasteiger partial charge in [0, 0.05) is 6.38 Å². The van der Waals surface area contributed by atoms with E-state index in [9.17, 15) is 4.79 Å². The summed E-state index contributed by atoms with van der Waals surface area (Å²) in [5.74, 6) is -0.900. The molecule has 0 saturated carbocycles. The maximum Gasteiger partial charge on any atom is 0.320 e. The molecule has 3 N–H and O–H groups in total. The monoisotopic (exact) mass is 181 g/mol. The molecule has 0 heterocycles. The zero-order chi connectivity index (χ0) is 9.28. The number of halogens is 1. The Hall–Kier alpha value is -0.280. The molecule has 11 heavy (non-hydrogen) atoms. The molecule has 0 spiro atoms. The highest BCUT2D eigenvalue weighted by molar-refractivity contribution is 6.15. The minimum absolute atomic E-state index is 0.589. The maximum atomic E-state index is 10.1. The van der Waals surface area contributed by atoms with Crippen molar-refractivity contribution in [3.8, 4) is 0 Å². The van der Waals surface area contributed by atoms with E-state index >= 15 is 0 Å². The second-order valence-electron chi connectivity index (χ2n) is 2.09. The lowest BCUT2D eigenvalue weighted by molar-refractivity contribution is -0.138. The summed E-state index contributed by atoms with van der Waals surface area (Å²) >= 11 is 4.64. The average Bonchev–Trinajstić information content (AvgIpc) is 2.03. The van der Waals surface area contributed by atoms with Gasteiger partial charge in [-0.1, -0.05) is 19.8 Å². The second kappa shape index (κ2) is 9.72. The van der Waals surface area contributed by atoms with E-state index in [0.717, 1.165) is 12.8 Å². The van der Waals surface area contributed by atoms with Gasteiger partial charge in [-0.05, 0) is 6.42 Å². The Balaban J connectivity index is 0. The van der Waals surface area contributed by atoms with Crippen LogP contribution >= 0.6 is 11.6 Å². The lowest BCUT2D eigenvalue weighted by Gasteiger charge is -2.02. The van der Waals surface area contributed by atoms with Crippen molar-refractivity contribution >= 4 is 17.6 Å². The van der Waals surface area contributed by atoms with Gasteiger partial charge in [-0.2, -0.15) is 0 Å². The molecule has 4 heteroatoms. The predicted octanol–water partition coefficient (Wildman–Crippen LogP) is 1.44. The van der Waals surface area contributed by atoms with Gasteiger partial charge in [0.25, 0.3) is 0 Å². The van der Waals surface area contributed by atoms with Crippen LogP contribution in [0.25, 0.3) is 0 Å². The van der Waals surface area contributed by atoms with Gasteiger partial charge in [0.15, 0.2) is 0 Å². The summed E-state index contributed by atoms with van der Waals surface area (Å²) in [4.78, 5) is 10.1. The molecular weight excluding hydrogens is 166 g/mol. The van der Waals surface area contributed by atoms with Crippen LogP contribution in [-0.2, 0) is 4.79 Å². The summed E-state index contributed by atoms with van der Waals surface area (Å²) in [5, 5.41) is 8.28. The molecule has 0 radical (unpaired) electrons. The zero-order valence-corrected chi connectivity index (χ0v) is 7.77. The Morgan fingerprint density at radius 2 is 2.09 bits per heavy atom. The highest BCUT2D eigenvalue weighted by Crippen LogP contribution is 1.96. The van der Waals surface area contributed by atoms with E-state index in [1.54, 1.807) is 0 Å². The van der Waals surface area contributed by atoms with Crippen LogP contribution in [0.3, 0.4) is 0 Å². The number of unbranched alkanes of at least 4 members (excludes halogenated alkanes) is 1. The molecule has 0 saturated heterocycles. The smallest absolute Gasteiger partial charge is 0.320 e. The highest BCUT2D eigenvalue weighted by atomic mass is 35.5. The van der Waals surface area contributed by atoms with Crippen LogP contribution in [0.15, 0.2) is 0 Å². The van der Waals surface area contributed by atoms with E-state index < -0.39 is 12.0 Å². The Morgan fingerprint density at radius 1 is 1.64 bits per heavy atom. The first kappa shape index (κ1) is 13.3. The first-order valence-electron chi connectivity index (χ1n) is 3.54. The van der Waals surface area contributed by atoms with Gasteiger partial charge in [-0.25, -0.2) is 0 Å². The van der Waals surface area contributed by atoms with Crippen molar-refractivity contribution in [2.75, 3.05) is 6.38 Å². The van der Waals surface area contributed by atoms with Gasteiger partial charge in [0.1, 0.15) is 6.04 Å². The lowest BCUT2D eigenvalue weighted by atomic mass is 10.1.